The molecule has 2 aliphatic rings. The third kappa shape index (κ3) is 5.34. The molecule has 7 nitrogen and oxygen atoms in total. The van der Waals surface area contributed by atoms with E-state index in [1.807, 2.05) is 23.1 Å². The molecule has 168 valence electrons. The van der Waals surface area contributed by atoms with E-state index in [-0.39, 0.29) is 29.8 Å². The molecule has 2 heterocycles. The van der Waals surface area contributed by atoms with Crippen LogP contribution in [0.4, 0.5) is 11.4 Å². The molecule has 0 saturated carbocycles. The quantitative estimate of drug-likeness (QED) is 0.731. The van der Waals surface area contributed by atoms with Gasteiger partial charge in [0.15, 0.2) is 0 Å². The Bertz CT molecular complexity index is 961. The van der Waals surface area contributed by atoms with Crippen LogP contribution in [-0.2, 0) is 20.9 Å². The summed E-state index contributed by atoms with van der Waals surface area (Å²) in [5, 5.41) is 5.66. The maximum absolute atomic E-state index is 12.8. The number of hydrogen-bond donors (Lipinski definition) is 2. The van der Waals surface area contributed by atoms with Crippen molar-refractivity contribution in [1.29, 1.82) is 0 Å². The SMILES string of the molecule is CC(=O)Nc1ccc(NC(=O)CN2CC[C@H]3[C@@H]2CCCC(=O)N3Cc2ccccc2)cc1. The number of likely N-dealkylation sites (tertiary alicyclic amines) is 2. The molecule has 0 bridgehead atoms. The van der Waals surface area contributed by atoms with Crippen LogP contribution >= 0.6 is 0 Å². The molecule has 32 heavy (non-hydrogen) atoms. The van der Waals surface area contributed by atoms with Gasteiger partial charge in [-0.3, -0.25) is 19.3 Å². The van der Waals surface area contributed by atoms with Crippen molar-refractivity contribution in [3.63, 3.8) is 0 Å². The maximum atomic E-state index is 12.8. The normalized spacial score (nSPS) is 21.0. The van der Waals surface area contributed by atoms with Crippen LogP contribution in [0.15, 0.2) is 54.6 Å². The first-order valence-electron chi connectivity index (χ1n) is 11.2. The van der Waals surface area contributed by atoms with Gasteiger partial charge in [-0.2, -0.15) is 0 Å². The van der Waals surface area contributed by atoms with Crippen LogP contribution in [0.5, 0.6) is 0 Å². The fourth-order valence-corrected chi connectivity index (χ4v) is 4.84. The number of hydrogen-bond acceptors (Lipinski definition) is 4. The third-order valence-corrected chi connectivity index (χ3v) is 6.27. The molecule has 2 N–H and O–H groups in total. The number of fused-ring (bicyclic) bond motifs is 1. The third-order valence-electron chi connectivity index (χ3n) is 6.27. The van der Waals surface area contributed by atoms with Gasteiger partial charge in [0.25, 0.3) is 0 Å². The van der Waals surface area contributed by atoms with Gasteiger partial charge in [0.05, 0.1) is 6.54 Å². The van der Waals surface area contributed by atoms with Crippen LogP contribution in [-0.4, -0.2) is 52.7 Å². The van der Waals surface area contributed by atoms with Gasteiger partial charge in [-0.25, -0.2) is 0 Å². The minimum absolute atomic E-state index is 0.0666. The minimum atomic E-state index is -0.131. The number of nitrogens with zero attached hydrogens (tertiary/aromatic N) is 2. The number of nitrogens with one attached hydrogen (secondary N) is 2. The van der Waals surface area contributed by atoms with Crippen molar-refractivity contribution in [2.75, 3.05) is 23.7 Å². The van der Waals surface area contributed by atoms with Crippen molar-refractivity contribution in [2.45, 2.75) is 51.2 Å². The zero-order chi connectivity index (χ0) is 22.5. The fraction of sp³-hybridized carbons (Fsp3) is 0.400. The highest BCUT2D eigenvalue weighted by Crippen LogP contribution is 2.31. The van der Waals surface area contributed by atoms with Gasteiger partial charge in [-0.15, -0.1) is 0 Å². The lowest BCUT2D eigenvalue weighted by molar-refractivity contribution is -0.133. The van der Waals surface area contributed by atoms with Crippen molar-refractivity contribution in [2.24, 2.45) is 0 Å². The summed E-state index contributed by atoms with van der Waals surface area (Å²) in [6.45, 7) is 3.20. The van der Waals surface area contributed by atoms with E-state index in [1.54, 1.807) is 24.3 Å². The van der Waals surface area contributed by atoms with Gasteiger partial charge >= 0.3 is 0 Å². The Labute approximate surface area is 188 Å². The molecule has 0 radical (unpaired) electrons. The number of benzene rings is 2. The first kappa shape index (κ1) is 22.0. The molecular formula is C25H30N4O3. The molecule has 2 aromatic rings. The Kier molecular flexibility index (Phi) is 6.85. The van der Waals surface area contributed by atoms with Crippen LogP contribution in [0.2, 0.25) is 0 Å². The van der Waals surface area contributed by atoms with E-state index in [1.165, 1.54) is 6.92 Å². The van der Waals surface area contributed by atoms with E-state index in [0.29, 0.717) is 30.9 Å². The summed E-state index contributed by atoms with van der Waals surface area (Å²) in [7, 11) is 0. The molecule has 3 amide bonds. The Morgan fingerprint density at radius 1 is 0.938 bits per heavy atom. The smallest absolute Gasteiger partial charge is 0.238 e. The van der Waals surface area contributed by atoms with E-state index in [0.717, 1.165) is 31.4 Å². The first-order valence-corrected chi connectivity index (χ1v) is 11.2. The van der Waals surface area contributed by atoms with Gasteiger partial charge in [0.2, 0.25) is 17.7 Å². The van der Waals surface area contributed by atoms with Crippen LogP contribution in [0.1, 0.15) is 38.2 Å². The molecular weight excluding hydrogens is 404 g/mol. The average molecular weight is 435 g/mol. The summed E-state index contributed by atoms with van der Waals surface area (Å²) in [5.41, 5.74) is 2.53. The van der Waals surface area contributed by atoms with Gasteiger partial charge in [-0.1, -0.05) is 30.3 Å². The van der Waals surface area contributed by atoms with E-state index >= 15 is 0 Å². The lowest BCUT2D eigenvalue weighted by Gasteiger charge is -2.33. The van der Waals surface area contributed by atoms with E-state index in [4.69, 9.17) is 0 Å². The second-order valence-corrected chi connectivity index (χ2v) is 8.60. The zero-order valence-electron chi connectivity index (χ0n) is 18.4. The standard InChI is InChI=1S/C25H30N4O3/c1-18(30)26-20-10-12-21(13-11-20)27-24(31)17-28-15-14-23-22(28)8-5-9-25(32)29(23)16-19-6-3-2-4-7-19/h2-4,6-7,10-13,22-23H,5,8-9,14-17H2,1H3,(H,26,30)(H,27,31)/t22-,23-/m0/s1. The first-order chi connectivity index (χ1) is 15.5. The molecule has 2 aliphatic heterocycles. The largest absolute Gasteiger partial charge is 0.334 e. The molecule has 4 rings (SSSR count). The summed E-state index contributed by atoms with van der Waals surface area (Å²) in [5.74, 6) is 0.0172. The predicted molar refractivity (Wildman–Crippen MR) is 124 cm³/mol. The number of anilines is 2. The Balaban J connectivity index is 1.38. The van der Waals surface area contributed by atoms with Gasteiger partial charge < -0.3 is 15.5 Å². The summed E-state index contributed by atoms with van der Waals surface area (Å²) >= 11 is 0. The number of amides is 3. The summed E-state index contributed by atoms with van der Waals surface area (Å²) in [4.78, 5) is 41.0. The van der Waals surface area contributed by atoms with E-state index < -0.39 is 0 Å². The van der Waals surface area contributed by atoms with Gasteiger partial charge in [0.1, 0.15) is 0 Å². The maximum Gasteiger partial charge on any atom is 0.238 e. The predicted octanol–water partition coefficient (Wildman–Crippen LogP) is 3.24. The molecule has 2 fully saturated rings. The molecule has 2 atom stereocenters. The Morgan fingerprint density at radius 3 is 2.31 bits per heavy atom. The van der Waals surface area contributed by atoms with Crippen molar-refractivity contribution in [1.82, 2.24) is 9.80 Å². The van der Waals surface area contributed by atoms with Crippen LogP contribution < -0.4 is 10.6 Å². The molecule has 7 heteroatoms. The highest BCUT2D eigenvalue weighted by atomic mass is 16.2. The fourth-order valence-electron chi connectivity index (χ4n) is 4.84. The van der Waals surface area contributed by atoms with E-state index in [9.17, 15) is 14.4 Å². The topological polar surface area (TPSA) is 81.8 Å². The average Bonchev–Trinajstić information content (AvgIpc) is 3.08. The van der Waals surface area contributed by atoms with Crippen molar-refractivity contribution < 1.29 is 14.4 Å². The minimum Gasteiger partial charge on any atom is -0.334 e. The Hall–Kier alpha value is -3.19. The van der Waals surface area contributed by atoms with Gasteiger partial charge in [-0.05, 0) is 49.1 Å². The number of carbonyl (C=O) groups excluding carboxylic acids is 3. The van der Waals surface area contributed by atoms with Gasteiger partial charge in [0, 0.05) is 49.9 Å². The summed E-state index contributed by atoms with van der Waals surface area (Å²) in [6.07, 6.45) is 3.25. The highest BCUT2D eigenvalue weighted by Gasteiger charge is 2.41. The zero-order valence-corrected chi connectivity index (χ0v) is 18.4. The summed E-state index contributed by atoms with van der Waals surface area (Å²) < 4.78 is 0. The second-order valence-electron chi connectivity index (χ2n) is 8.60. The molecule has 0 spiro atoms. The van der Waals surface area contributed by atoms with Crippen molar-refractivity contribution in [3.05, 3.63) is 60.2 Å². The van der Waals surface area contributed by atoms with Crippen molar-refractivity contribution >= 4 is 29.1 Å². The number of carbonyl (C=O) groups is 3. The number of rotatable bonds is 6. The van der Waals surface area contributed by atoms with E-state index in [2.05, 4.69) is 27.7 Å². The second kappa shape index (κ2) is 9.96. The molecule has 2 saturated heterocycles. The molecule has 0 unspecified atom stereocenters. The summed E-state index contributed by atoms with van der Waals surface area (Å²) in [6, 6.07) is 17.6. The highest BCUT2D eigenvalue weighted by molar-refractivity contribution is 5.93. The molecule has 2 aromatic carbocycles. The lowest BCUT2D eigenvalue weighted by atomic mass is 10.0. The lowest BCUT2D eigenvalue weighted by Crippen LogP contribution is -2.47. The monoisotopic (exact) mass is 434 g/mol. The molecule has 0 aromatic heterocycles. The van der Waals surface area contributed by atoms with Crippen molar-refractivity contribution in [3.8, 4) is 0 Å². The Morgan fingerprint density at radius 2 is 1.62 bits per heavy atom. The van der Waals surface area contributed by atoms with Crippen LogP contribution in [0.3, 0.4) is 0 Å². The van der Waals surface area contributed by atoms with Crippen LogP contribution in [0.25, 0.3) is 0 Å². The molecule has 0 aliphatic carbocycles. The van der Waals surface area contributed by atoms with Crippen LogP contribution in [0, 0.1) is 0 Å².